The quantitative estimate of drug-likeness (QED) is 0.398. The van der Waals surface area contributed by atoms with E-state index in [2.05, 4.69) is 29.1 Å². The van der Waals surface area contributed by atoms with Crippen LogP contribution in [0.25, 0.3) is 21.9 Å². The van der Waals surface area contributed by atoms with Crippen LogP contribution in [0.1, 0.15) is 48.2 Å². The standard InChI is InChI=1S/C25H33N5O2/c1-29-13-15-30(16-14-29)24(32)11-10-23(31)18-6-9-22-21(17-18)20-8-7-19(27-25(20)28-22)5-3-2-4-12-26/h6-9,17H,2-5,10-16,26H2,1H3,(H,27,28). The van der Waals surface area contributed by atoms with Gasteiger partial charge in [-0.15, -0.1) is 0 Å². The van der Waals surface area contributed by atoms with Crippen molar-refractivity contribution < 1.29 is 9.59 Å². The fourth-order valence-corrected chi connectivity index (χ4v) is 4.33. The fourth-order valence-electron chi connectivity index (χ4n) is 4.33. The van der Waals surface area contributed by atoms with Gasteiger partial charge in [0.25, 0.3) is 0 Å². The first-order valence-corrected chi connectivity index (χ1v) is 11.7. The summed E-state index contributed by atoms with van der Waals surface area (Å²) in [7, 11) is 2.06. The van der Waals surface area contributed by atoms with Crippen molar-refractivity contribution in [2.24, 2.45) is 5.73 Å². The summed E-state index contributed by atoms with van der Waals surface area (Å²) in [4.78, 5) is 37.5. The van der Waals surface area contributed by atoms with Crippen molar-refractivity contribution in [1.82, 2.24) is 19.8 Å². The van der Waals surface area contributed by atoms with Crippen LogP contribution in [0, 0.1) is 0 Å². The Morgan fingerprint density at radius 2 is 1.81 bits per heavy atom. The van der Waals surface area contributed by atoms with Gasteiger partial charge >= 0.3 is 0 Å². The number of rotatable bonds is 9. The number of aromatic amines is 1. The Balaban J connectivity index is 1.42. The molecule has 1 aromatic carbocycles. The highest BCUT2D eigenvalue weighted by atomic mass is 16.2. The minimum Gasteiger partial charge on any atom is -0.340 e. The molecule has 0 bridgehead atoms. The average Bonchev–Trinajstić information content (AvgIpc) is 3.17. The van der Waals surface area contributed by atoms with E-state index in [1.807, 2.05) is 23.1 Å². The zero-order valence-corrected chi connectivity index (χ0v) is 18.9. The number of piperazine rings is 1. The van der Waals surface area contributed by atoms with Gasteiger partial charge < -0.3 is 20.5 Å². The van der Waals surface area contributed by atoms with E-state index in [9.17, 15) is 9.59 Å². The van der Waals surface area contributed by atoms with Crippen LogP contribution in [0.2, 0.25) is 0 Å². The molecule has 1 amide bonds. The lowest BCUT2D eigenvalue weighted by molar-refractivity contribution is -0.132. The lowest BCUT2D eigenvalue weighted by Crippen LogP contribution is -2.47. The van der Waals surface area contributed by atoms with Crippen LogP contribution in [-0.2, 0) is 11.2 Å². The van der Waals surface area contributed by atoms with Crippen LogP contribution < -0.4 is 5.73 Å². The monoisotopic (exact) mass is 435 g/mol. The number of aryl methyl sites for hydroxylation is 1. The molecular weight excluding hydrogens is 402 g/mol. The first kappa shape index (κ1) is 22.4. The second-order valence-electron chi connectivity index (χ2n) is 8.79. The zero-order chi connectivity index (χ0) is 22.5. The summed E-state index contributed by atoms with van der Waals surface area (Å²) >= 11 is 0. The number of hydrogen-bond acceptors (Lipinski definition) is 5. The van der Waals surface area contributed by atoms with Gasteiger partial charge in [0.2, 0.25) is 5.91 Å². The van der Waals surface area contributed by atoms with Gasteiger partial charge in [-0.2, -0.15) is 0 Å². The summed E-state index contributed by atoms with van der Waals surface area (Å²) in [5.74, 6) is 0.0797. The van der Waals surface area contributed by atoms with E-state index in [0.717, 1.165) is 86.0 Å². The van der Waals surface area contributed by atoms with Crippen molar-refractivity contribution in [3.8, 4) is 0 Å². The molecule has 1 fully saturated rings. The van der Waals surface area contributed by atoms with E-state index in [0.29, 0.717) is 5.56 Å². The third-order valence-corrected chi connectivity index (χ3v) is 6.40. The number of ketones is 1. The number of benzene rings is 1. The lowest BCUT2D eigenvalue weighted by atomic mass is 10.0. The largest absolute Gasteiger partial charge is 0.340 e. The van der Waals surface area contributed by atoms with E-state index in [-0.39, 0.29) is 24.5 Å². The van der Waals surface area contributed by atoms with Gasteiger partial charge in [-0.3, -0.25) is 9.59 Å². The van der Waals surface area contributed by atoms with Gasteiger partial charge in [-0.25, -0.2) is 4.98 Å². The maximum absolute atomic E-state index is 12.8. The van der Waals surface area contributed by atoms with E-state index in [4.69, 9.17) is 10.7 Å². The van der Waals surface area contributed by atoms with Crippen molar-refractivity contribution in [3.63, 3.8) is 0 Å². The van der Waals surface area contributed by atoms with Crippen LogP contribution in [-0.4, -0.2) is 71.2 Å². The van der Waals surface area contributed by atoms with Crippen molar-refractivity contribution in [3.05, 3.63) is 41.6 Å². The second-order valence-corrected chi connectivity index (χ2v) is 8.79. The summed E-state index contributed by atoms with van der Waals surface area (Å²) in [5.41, 5.74) is 9.11. The minimum atomic E-state index is 0.00760. The number of nitrogens with one attached hydrogen (secondary N) is 1. The number of pyridine rings is 1. The summed E-state index contributed by atoms with van der Waals surface area (Å²) in [5, 5.41) is 2.02. The second kappa shape index (κ2) is 10.2. The molecule has 7 heteroatoms. The molecule has 3 N–H and O–H groups in total. The summed E-state index contributed by atoms with van der Waals surface area (Å²) in [6, 6.07) is 9.87. The molecule has 32 heavy (non-hydrogen) atoms. The summed E-state index contributed by atoms with van der Waals surface area (Å²) in [6.07, 6.45) is 4.70. The molecule has 7 nitrogen and oxygen atoms in total. The van der Waals surface area contributed by atoms with Crippen LogP contribution in [0.4, 0.5) is 0 Å². The minimum absolute atomic E-state index is 0.00760. The zero-order valence-electron chi connectivity index (χ0n) is 18.9. The molecule has 3 aromatic rings. The molecule has 3 heterocycles. The molecule has 0 radical (unpaired) electrons. The molecule has 0 saturated carbocycles. The van der Waals surface area contributed by atoms with Crippen molar-refractivity contribution >= 4 is 33.6 Å². The normalized spacial score (nSPS) is 15.0. The number of nitrogens with zero attached hydrogens (tertiary/aromatic N) is 3. The first-order chi connectivity index (χ1) is 15.5. The molecule has 1 aliphatic heterocycles. The molecule has 0 unspecified atom stereocenters. The molecular formula is C25H33N5O2. The van der Waals surface area contributed by atoms with Crippen LogP contribution in [0.3, 0.4) is 0 Å². The molecule has 0 spiro atoms. The first-order valence-electron chi connectivity index (χ1n) is 11.7. The Bertz CT molecular complexity index is 1100. The number of aromatic nitrogens is 2. The SMILES string of the molecule is CN1CCN(C(=O)CCC(=O)c2ccc3[nH]c4nc(CCCCCN)ccc4c3c2)CC1. The predicted molar refractivity (Wildman–Crippen MR) is 128 cm³/mol. The lowest BCUT2D eigenvalue weighted by Gasteiger charge is -2.32. The third-order valence-electron chi connectivity index (χ3n) is 6.40. The van der Waals surface area contributed by atoms with E-state index < -0.39 is 0 Å². The molecule has 2 aromatic heterocycles. The number of carbonyl (C=O) groups is 2. The number of fused-ring (bicyclic) bond motifs is 3. The van der Waals surface area contributed by atoms with E-state index in [1.165, 1.54) is 0 Å². The number of Topliss-reactive ketones (excluding diaryl/α,β-unsaturated/α-hetero) is 1. The van der Waals surface area contributed by atoms with Crippen LogP contribution >= 0.6 is 0 Å². The van der Waals surface area contributed by atoms with E-state index in [1.54, 1.807) is 0 Å². The third kappa shape index (κ3) is 5.16. The predicted octanol–water partition coefficient (Wildman–Crippen LogP) is 3.12. The highest BCUT2D eigenvalue weighted by molar-refractivity contribution is 6.09. The van der Waals surface area contributed by atoms with Crippen molar-refractivity contribution in [2.45, 2.75) is 38.5 Å². The molecule has 4 rings (SSSR count). The highest BCUT2D eigenvalue weighted by Gasteiger charge is 2.20. The van der Waals surface area contributed by atoms with Crippen LogP contribution in [0.15, 0.2) is 30.3 Å². The molecule has 0 aliphatic carbocycles. The van der Waals surface area contributed by atoms with E-state index >= 15 is 0 Å². The van der Waals surface area contributed by atoms with Gasteiger partial charge in [0.05, 0.1) is 0 Å². The van der Waals surface area contributed by atoms with Gasteiger partial charge in [0.15, 0.2) is 5.78 Å². The maximum Gasteiger partial charge on any atom is 0.223 e. The number of carbonyl (C=O) groups excluding carboxylic acids is 2. The van der Waals surface area contributed by atoms with Crippen molar-refractivity contribution in [2.75, 3.05) is 39.8 Å². The van der Waals surface area contributed by atoms with Gasteiger partial charge in [-0.05, 0) is 63.2 Å². The van der Waals surface area contributed by atoms with Gasteiger partial charge in [-0.1, -0.05) is 6.42 Å². The van der Waals surface area contributed by atoms with Crippen molar-refractivity contribution in [1.29, 1.82) is 0 Å². The van der Waals surface area contributed by atoms with Crippen LogP contribution in [0.5, 0.6) is 0 Å². The van der Waals surface area contributed by atoms with Gasteiger partial charge in [0, 0.05) is 66.6 Å². The number of amides is 1. The number of hydrogen-bond donors (Lipinski definition) is 2. The number of unbranched alkanes of at least 4 members (excludes halogenated alkanes) is 2. The average molecular weight is 436 g/mol. The molecule has 170 valence electrons. The Kier molecular flexibility index (Phi) is 7.17. The Morgan fingerprint density at radius 1 is 1.00 bits per heavy atom. The maximum atomic E-state index is 12.8. The Labute approximate surface area is 189 Å². The smallest absolute Gasteiger partial charge is 0.223 e. The number of nitrogens with two attached hydrogens (primary N) is 1. The topological polar surface area (TPSA) is 95.3 Å². The molecule has 0 atom stereocenters. The number of likely N-dealkylation sites (N-methyl/N-ethyl adjacent to an activating group) is 1. The highest BCUT2D eigenvalue weighted by Crippen LogP contribution is 2.26. The number of H-pyrrole nitrogens is 1. The van der Waals surface area contributed by atoms with Gasteiger partial charge in [0.1, 0.15) is 5.65 Å². The fraction of sp³-hybridized carbons (Fsp3) is 0.480. The summed E-state index contributed by atoms with van der Waals surface area (Å²) in [6.45, 7) is 4.00. The molecule has 1 saturated heterocycles. The Morgan fingerprint density at radius 3 is 2.59 bits per heavy atom. The molecule has 1 aliphatic rings. The summed E-state index contributed by atoms with van der Waals surface area (Å²) < 4.78 is 0. The Hall–Kier alpha value is -2.77.